The third-order valence-electron chi connectivity index (χ3n) is 7.03. The Hall–Kier alpha value is -3.05. The van der Waals surface area contributed by atoms with Crippen molar-refractivity contribution >= 4 is 39.2 Å². The van der Waals surface area contributed by atoms with E-state index < -0.39 is 16.2 Å². The van der Waals surface area contributed by atoms with E-state index in [2.05, 4.69) is 40.2 Å². The Morgan fingerprint density at radius 2 is 1.48 bits per heavy atom. The van der Waals surface area contributed by atoms with Gasteiger partial charge in [-0.15, -0.1) is 0 Å². The average molecular weight is 472 g/mol. The van der Waals surface area contributed by atoms with Gasteiger partial charge in [0.1, 0.15) is 0 Å². The molecule has 0 aromatic heterocycles. The largest absolute Gasteiger partial charge is 0.295 e. The van der Waals surface area contributed by atoms with E-state index in [0.29, 0.717) is 11.3 Å². The van der Waals surface area contributed by atoms with Crippen LogP contribution < -0.4 is 4.90 Å². The van der Waals surface area contributed by atoms with Crippen LogP contribution in [0.5, 0.6) is 0 Å². The molecule has 1 heterocycles. The minimum atomic E-state index is -0.765. The summed E-state index contributed by atoms with van der Waals surface area (Å²) in [6, 6.07) is 23.0. The molecule has 152 valence electrons. The molecule has 2 atom stereocenters. The van der Waals surface area contributed by atoms with E-state index in [-0.39, 0.29) is 23.5 Å². The number of ketones is 1. The number of anilines is 1. The number of carbonyl (C=O) groups excluding carboxylic acids is 3. The molecular formula is C26H18BrNO3. The smallest absolute Gasteiger partial charge is 0.239 e. The summed E-state index contributed by atoms with van der Waals surface area (Å²) in [5, 5.41) is 0. The van der Waals surface area contributed by atoms with Crippen LogP contribution >= 0.6 is 15.9 Å². The van der Waals surface area contributed by atoms with Crippen LogP contribution in [0, 0.1) is 11.8 Å². The van der Waals surface area contributed by atoms with E-state index in [4.69, 9.17) is 0 Å². The zero-order valence-corrected chi connectivity index (χ0v) is 18.3. The molecule has 0 N–H and O–H groups in total. The number of nitrogens with zero attached hydrogens (tertiary/aromatic N) is 1. The predicted molar refractivity (Wildman–Crippen MR) is 120 cm³/mol. The number of halogens is 1. The van der Waals surface area contributed by atoms with Crippen LogP contribution in [0.3, 0.4) is 0 Å². The minimum Gasteiger partial charge on any atom is -0.295 e. The van der Waals surface area contributed by atoms with Gasteiger partial charge in [0.15, 0.2) is 5.78 Å². The van der Waals surface area contributed by atoms with Crippen molar-refractivity contribution in [3.05, 3.63) is 101 Å². The molecule has 7 rings (SSSR count). The van der Waals surface area contributed by atoms with Crippen LogP contribution in [-0.4, -0.2) is 17.6 Å². The number of imide groups is 1. The van der Waals surface area contributed by atoms with E-state index in [1.165, 1.54) is 11.8 Å². The van der Waals surface area contributed by atoms with Crippen LogP contribution in [0.2, 0.25) is 0 Å². The molecule has 0 spiro atoms. The molecule has 2 amide bonds. The Morgan fingerprint density at radius 3 is 2.10 bits per heavy atom. The summed E-state index contributed by atoms with van der Waals surface area (Å²) in [5.41, 5.74) is 5.25. The second-order valence-corrected chi connectivity index (χ2v) is 9.74. The number of benzene rings is 3. The summed E-state index contributed by atoms with van der Waals surface area (Å²) >= 11 is 3.99. The molecule has 3 aromatic rings. The van der Waals surface area contributed by atoms with E-state index in [1.807, 2.05) is 24.3 Å². The lowest BCUT2D eigenvalue weighted by Crippen LogP contribution is -2.50. The Morgan fingerprint density at radius 1 is 0.871 bits per heavy atom. The summed E-state index contributed by atoms with van der Waals surface area (Å²) in [5.74, 6) is -1.73. The fourth-order valence-electron chi connectivity index (χ4n) is 5.80. The molecule has 0 unspecified atom stereocenters. The number of rotatable bonds is 2. The van der Waals surface area contributed by atoms with E-state index >= 15 is 0 Å². The van der Waals surface area contributed by atoms with Gasteiger partial charge in [0, 0.05) is 11.5 Å². The van der Waals surface area contributed by atoms with Gasteiger partial charge in [-0.1, -0.05) is 76.6 Å². The van der Waals surface area contributed by atoms with Crippen molar-refractivity contribution in [3.8, 4) is 0 Å². The first kappa shape index (κ1) is 18.7. The summed E-state index contributed by atoms with van der Waals surface area (Å²) in [7, 11) is 0. The van der Waals surface area contributed by atoms with Gasteiger partial charge in [0.05, 0.1) is 21.8 Å². The number of amides is 2. The topological polar surface area (TPSA) is 54.5 Å². The maximum Gasteiger partial charge on any atom is 0.239 e. The van der Waals surface area contributed by atoms with Gasteiger partial charge < -0.3 is 0 Å². The van der Waals surface area contributed by atoms with Crippen LogP contribution in [0.4, 0.5) is 5.69 Å². The summed E-state index contributed by atoms with van der Waals surface area (Å²) < 4.78 is -0.765. The standard InChI is InChI=1S/C26H18BrNO3/c1-14(29)15-7-6-8-16(13-15)28-24(30)22-21-17-9-2-4-11-19(17)26(27,23(22)25(28)31)20-12-5-3-10-18(20)21/h2-13,21-23H,1H3/t21?,22-,23+,26?/m1/s1. The molecule has 3 aromatic carbocycles. The maximum atomic E-state index is 13.8. The molecule has 5 heteroatoms. The lowest BCUT2D eigenvalue weighted by atomic mass is 9.55. The predicted octanol–water partition coefficient (Wildman–Crippen LogP) is 4.79. The van der Waals surface area contributed by atoms with E-state index in [1.54, 1.807) is 24.3 Å². The van der Waals surface area contributed by atoms with Crippen LogP contribution in [-0.2, 0) is 13.9 Å². The lowest BCUT2D eigenvalue weighted by Gasteiger charge is -2.51. The second kappa shape index (κ2) is 6.24. The van der Waals surface area contributed by atoms with Crippen molar-refractivity contribution < 1.29 is 14.4 Å². The minimum absolute atomic E-state index is 0.102. The number of Topliss-reactive ketones (excluding diaryl/α,β-unsaturated/α-hetero) is 1. The first-order chi connectivity index (χ1) is 14.9. The molecule has 1 aliphatic heterocycles. The number of hydrogen-bond donors (Lipinski definition) is 0. The van der Waals surface area contributed by atoms with Crippen molar-refractivity contribution in [3.63, 3.8) is 0 Å². The first-order valence-corrected chi connectivity index (χ1v) is 11.1. The van der Waals surface area contributed by atoms with Gasteiger partial charge in [-0.3, -0.25) is 14.4 Å². The maximum absolute atomic E-state index is 13.8. The first-order valence-electron chi connectivity index (χ1n) is 10.3. The highest BCUT2D eigenvalue weighted by atomic mass is 79.9. The molecule has 4 nitrogen and oxygen atoms in total. The quantitative estimate of drug-likeness (QED) is 0.306. The van der Waals surface area contributed by atoms with Gasteiger partial charge >= 0.3 is 0 Å². The van der Waals surface area contributed by atoms with Gasteiger partial charge in [0.2, 0.25) is 11.8 Å². The van der Waals surface area contributed by atoms with Crippen molar-refractivity contribution in [1.82, 2.24) is 0 Å². The Bertz CT molecular complexity index is 1270. The van der Waals surface area contributed by atoms with E-state index in [9.17, 15) is 14.4 Å². The third-order valence-corrected chi connectivity index (χ3v) is 8.37. The molecule has 4 aliphatic rings. The fourth-order valence-corrected chi connectivity index (χ4v) is 7.00. The van der Waals surface area contributed by atoms with Crippen molar-refractivity contribution in [1.29, 1.82) is 0 Å². The van der Waals surface area contributed by atoms with Crippen LogP contribution in [0.1, 0.15) is 45.5 Å². The molecule has 0 radical (unpaired) electrons. The van der Waals surface area contributed by atoms with Crippen molar-refractivity contribution in [2.75, 3.05) is 4.90 Å². The zero-order valence-electron chi connectivity index (χ0n) is 16.7. The van der Waals surface area contributed by atoms with Gasteiger partial charge in [-0.2, -0.15) is 0 Å². The SMILES string of the molecule is CC(=O)c1cccc(N2C(=O)[C@@H]3C4c5ccccc5C(Br)(c5ccccc54)[C@@H]3C2=O)c1. The zero-order chi connectivity index (χ0) is 21.5. The summed E-state index contributed by atoms with van der Waals surface area (Å²) in [6.45, 7) is 1.48. The summed E-state index contributed by atoms with van der Waals surface area (Å²) in [4.78, 5) is 40.8. The molecule has 31 heavy (non-hydrogen) atoms. The molecular weight excluding hydrogens is 454 g/mol. The number of carbonyl (C=O) groups is 3. The van der Waals surface area contributed by atoms with Crippen LogP contribution in [0.15, 0.2) is 72.8 Å². The van der Waals surface area contributed by atoms with Gasteiger partial charge in [-0.05, 0) is 41.3 Å². The van der Waals surface area contributed by atoms with Gasteiger partial charge in [-0.25, -0.2) is 4.90 Å². The highest BCUT2D eigenvalue weighted by molar-refractivity contribution is 9.09. The Balaban J connectivity index is 1.58. The van der Waals surface area contributed by atoms with Crippen molar-refractivity contribution in [2.24, 2.45) is 11.8 Å². The lowest BCUT2D eigenvalue weighted by molar-refractivity contribution is -0.122. The van der Waals surface area contributed by atoms with Crippen LogP contribution in [0.25, 0.3) is 0 Å². The number of alkyl halides is 1. The number of hydrogen-bond acceptors (Lipinski definition) is 3. The normalized spacial score (nSPS) is 27.7. The monoisotopic (exact) mass is 471 g/mol. The molecule has 1 fully saturated rings. The Labute approximate surface area is 188 Å². The average Bonchev–Trinajstić information content (AvgIpc) is 3.06. The molecule has 1 saturated heterocycles. The fraction of sp³-hybridized carbons (Fsp3) is 0.192. The molecule has 3 aliphatic carbocycles. The van der Waals surface area contributed by atoms with Gasteiger partial charge in [0.25, 0.3) is 0 Å². The third kappa shape index (κ3) is 2.22. The Kier molecular flexibility index (Phi) is 3.76. The van der Waals surface area contributed by atoms with E-state index in [0.717, 1.165) is 22.3 Å². The summed E-state index contributed by atoms with van der Waals surface area (Å²) in [6.07, 6.45) is 0. The molecule has 0 saturated carbocycles. The molecule has 2 bridgehead atoms. The second-order valence-electron chi connectivity index (χ2n) is 8.49. The highest BCUT2D eigenvalue weighted by Gasteiger charge is 2.67. The highest BCUT2D eigenvalue weighted by Crippen LogP contribution is 2.66. The van der Waals surface area contributed by atoms with Crippen molar-refractivity contribution in [2.45, 2.75) is 17.2 Å².